The van der Waals surface area contributed by atoms with E-state index in [-0.39, 0.29) is 18.5 Å². The van der Waals surface area contributed by atoms with Gasteiger partial charge in [0, 0.05) is 12.8 Å². The first-order chi connectivity index (χ1) is 42.5. The Morgan fingerprint density at radius 3 is 0.826 bits per heavy atom. The van der Waals surface area contributed by atoms with Crippen LogP contribution in [-0.2, 0) is 14.3 Å². The maximum absolute atomic E-state index is 12.5. The summed E-state index contributed by atoms with van der Waals surface area (Å²) in [4.78, 5) is 24.6. The van der Waals surface area contributed by atoms with Crippen LogP contribution in [0.2, 0.25) is 0 Å². The number of carbonyl (C=O) groups is 2. The number of unbranched alkanes of at least 4 members (excludes halogenated alkanes) is 63. The second kappa shape index (κ2) is 76.1. The molecule has 1 amide bonds. The third-order valence-electron chi connectivity index (χ3n) is 19.1. The van der Waals surface area contributed by atoms with Crippen LogP contribution in [0.15, 0.2) is 12.2 Å². The molecule has 0 bridgehead atoms. The average Bonchev–Trinajstić information content (AvgIpc) is 3.60. The summed E-state index contributed by atoms with van der Waals surface area (Å²) in [7, 11) is 0. The van der Waals surface area contributed by atoms with E-state index in [2.05, 4.69) is 31.3 Å². The van der Waals surface area contributed by atoms with Gasteiger partial charge in [-0.3, -0.25) is 9.59 Å². The van der Waals surface area contributed by atoms with E-state index in [1.807, 2.05) is 0 Å². The Kier molecular flexibility index (Phi) is 74.8. The summed E-state index contributed by atoms with van der Waals surface area (Å²) in [5, 5.41) is 23.4. The first-order valence-corrected chi connectivity index (χ1v) is 39.9. The molecule has 512 valence electrons. The molecule has 0 saturated heterocycles. The van der Waals surface area contributed by atoms with E-state index in [1.165, 1.54) is 385 Å². The zero-order chi connectivity index (χ0) is 62.0. The SMILES string of the molecule is CCCCCCCCC/C=C\CCCCCCCC(=O)OCCCCCCCCCCCCCCCCCCCCCCCCCCCCCCCCCCCCCCCC(=O)NC(CO)C(O)CCCCCCCCCCCCCCCCCC. The fourth-order valence-corrected chi connectivity index (χ4v) is 13.0. The molecule has 0 saturated carbocycles. The monoisotopic (exact) mass is 1210 g/mol. The summed E-state index contributed by atoms with van der Waals surface area (Å²) in [6, 6.07) is -0.536. The molecule has 0 aromatic rings. The zero-order valence-electron chi connectivity index (χ0n) is 58.8. The maximum Gasteiger partial charge on any atom is 0.305 e. The van der Waals surface area contributed by atoms with Gasteiger partial charge < -0.3 is 20.3 Å². The van der Waals surface area contributed by atoms with E-state index in [0.29, 0.717) is 25.9 Å². The Balaban J connectivity index is 3.29. The van der Waals surface area contributed by atoms with E-state index in [4.69, 9.17) is 4.74 Å². The largest absolute Gasteiger partial charge is 0.466 e. The van der Waals surface area contributed by atoms with Crippen LogP contribution < -0.4 is 5.32 Å². The number of aliphatic hydroxyl groups excluding tert-OH is 2. The number of ether oxygens (including phenoxy) is 1. The highest BCUT2D eigenvalue weighted by molar-refractivity contribution is 5.76. The van der Waals surface area contributed by atoms with E-state index in [1.54, 1.807) is 0 Å². The minimum absolute atomic E-state index is 0.0171. The number of allylic oxidation sites excluding steroid dienone is 2. The molecule has 0 aliphatic carbocycles. The molecule has 0 rings (SSSR count). The third kappa shape index (κ3) is 71.7. The summed E-state index contributed by atoms with van der Waals surface area (Å²) in [6.45, 7) is 5.00. The lowest BCUT2D eigenvalue weighted by Crippen LogP contribution is -2.45. The molecule has 0 fully saturated rings. The van der Waals surface area contributed by atoms with Gasteiger partial charge in [0.2, 0.25) is 5.91 Å². The molecule has 0 aliphatic rings. The van der Waals surface area contributed by atoms with Crippen LogP contribution >= 0.6 is 0 Å². The van der Waals surface area contributed by atoms with Crippen molar-refractivity contribution in [1.82, 2.24) is 5.32 Å². The van der Waals surface area contributed by atoms with Crippen molar-refractivity contribution in [2.75, 3.05) is 13.2 Å². The lowest BCUT2D eigenvalue weighted by molar-refractivity contribution is -0.143. The molecule has 2 atom stereocenters. The standard InChI is InChI=1S/C80H157NO5/c1-3-5-7-9-11-13-15-17-19-44-48-52-56-60-64-68-72-78(83)77(76-82)81-79(84)73-69-65-61-57-53-49-45-42-40-38-36-34-32-30-28-26-24-22-21-23-25-27-29-31-33-35-37-39-41-43-47-51-55-59-63-67-71-75-86-80(85)74-70-66-62-58-54-50-46-20-18-16-14-12-10-8-6-4-2/h20,46,77-78,82-83H,3-19,21-45,47-76H2,1-2H3,(H,81,84)/b46-20-. The smallest absolute Gasteiger partial charge is 0.305 e. The molecule has 3 N–H and O–H groups in total. The number of hydrogen-bond acceptors (Lipinski definition) is 5. The molecule has 2 unspecified atom stereocenters. The minimum Gasteiger partial charge on any atom is -0.466 e. The molecule has 0 heterocycles. The second-order valence-corrected chi connectivity index (χ2v) is 27.8. The summed E-state index contributed by atoms with van der Waals surface area (Å²) >= 11 is 0. The Morgan fingerprint density at radius 1 is 0.314 bits per heavy atom. The van der Waals surface area contributed by atoms with Gasteiger partial charge in [0.25, 0.3) is 0 Å². The summed E-state index contributed by atoms with van der Waals surface area (Å²) in [5.74, 6) is -0.00780. The second-order valence-electron chi connectivity index (χ2n) is 27.8. The van der Waals surface area contributed by atoms with Crippen molar-refractivity contribution < 1.29 is 24.5 Å². The van der Waals surface area contributed by atoms with Crippen molar-refractivity contribution in [2.24, 2.45) is 0 Å². The zero-order valence-corrected chi connectivity index (χ0v) is 58.8. The number of rotatable bonds is 76. The molecule has 6 nitrogen and oxygen atoms in total. The van der Waals surface area contributed by atoms with Crippen LogP contribution in [0.25, 0.3) is 0 Å². The topological polar surface area (TPSA) is 95.9 Å². The van der Waals surface area contributed by atoms with Gasteiger partial charge in [0.15, 0.2) is 0 Å². The van der Waals surface area contributed by atoms with Gasteiger partial charge in [0.05, 0.1) is 25.4 Å². The van der Waals surface area contributed by atoms with Gasteiger partial charge in [-0.25, -0.2) is 0 Å². The highest BCUT2D eigenvalue weighted by Gasteiger charge is 2.20. The van der Waals surface area contributed by atoms with Crippen LogP contribution in [0.3, 0.4) is 0 Å². The van der Waals surface area contributed by atoms with E-state index in [9.17, 15) is 19.8 Å². The number of aliphatic hydroxyl groups is 2. The molecule has 0 radical (unpaired) electrons. The quantitative estimate of drug-likeness (QED) is 0.0320. The first-order valence-electron chi connectivity index (χ1n) is 39.9. The first kappa shape index (κ1) is 84.6. The van der Waals surface area contributed by atoms with E-state index < -0.39 is 12.1 Å². The van der Waals surface area contributed by atoms with Gasteiger partial charge in [-0.05, 0) is 51.4 Å². The molecule has 0 aromatic carbocycles. The Bertz CT molecular complexity index is 1300. The van der Waals surface area contributed by atoms with Crippen molar-refractivity contribution >= 4 is 11.9 Å². The highest BCUT2D eigenvalue weighted by atomic mass is 16.5. The van der Waals surface area contributed by atoms with E-state index in [0.717, 1.165) is 44.9 Å². The van der Waals surface area contributed by atoms with Crippen molar-refractivity contribution in [3.05, 3.63) is 12.2 Å². The number of amides is 1. The molecule has 0 spiro atoms. The average molecular weight is 1210 g/mol. The summed E-state index contributed by atoms with van der Waals surface area (Å²) < 4.78 is 5.51. The van der Waals surface area contributed by atoms with Crippen LogP contribution in [-0.4, -0.2) is 47.4 Å². The number of nitrogens with one attached hydrogen (secondary N) is 1. The Morgan fingerprint density at radius 2 is 0.547 bits per heavy atom. The highest BCUT2D eigenvalue weighted by Crippen LogP contribution is 2.20. The van der Waals surface area contributed by atoms with Crippen molar-refractivity contribution in [3.8, 4) is 0 Å². The Hall–Kier alpha value is -1.40. The molecule has 86 heavy (non-hydrogen) atoms. The number of esters is 1. The number of hydrogen-bond donors (Lipinski definition) is 3. The van der Waals surface area contributed by atoms with Gasteiger partial charge in [-0.15, -0.1) is 0 Å². The van der Waals surface area contributed by atoms with Gasteiger partial charge in [-0.1, -0.05) is 411 Å². The molecule has 0 aromatic heterocycles. The van der Waals surface area contributed by atoms with Crippen LogP contribution in [0.1, 0.15) is 463 Å². The molecular weight excluding hydrogens is 1050 g/mol. The molecule has 6 heteroatoms. The van der Waals surface area contributed by atoms with Crippen molar-refractivity contribution in [1.29, 1.82) is 0 Å². The van der Waals surface area contributed by atoms with Crippen LogP contribution in [0, 0.1) is 0 Å². The fourth-order valence-electron chi connectivity index (χ4n) is 13.0. The normalized spacial score (nSPS) is 12.5. The number of carbonyl (C=O) groups excluding carboxylic acids is 2. The predicted molar refractivity (Wildman–Crippen MR) is 380 cm³/mol. The van der Waals surface area contributed by atoms with Crippen LogP contribution in [0.4, 0.5) is 0 Å². The van der Waals surface area contributed by atoms with Gasteiger partial charge in [0.1, 0.15) is 0 Å². The fraction of sp³-hybridized carbons (Fsp3) is 0.950. The maximum atomic E-state index is 12.5. The van der Waals surface area contributed by atoms with Gasteiger partial charge in [-0.2, -0.15) is 0 Å². The Labute approximate surface area is 539 Å². The predicted octanol–water partition coefficient (Wildman–Crippen LogP) is 26.3. The third-order valence-corrected chi connectivity index (χ3v) is 19.1. The lowest BCUT2D eigenvalue weighted by atomic mass is 10.0. The minimum atomic E-state index is -0.660. The summed E-state index contributed by atoms with van der Waals surface area (Å²) in [5.41, 5.74) is 0. The summed E-state index contributed by atoms with van der Waals surface area (Å²) in [6.07, 6.45) is 96.0. The van der Waals surface area contributed by atoms with Crippen molar-refractivity contribution in [3.63, 3.8) is 0 Å². The van der Waals surface area contributed by atoms with Crippen molar-refractivity contribution in [2.45, 2.75) is 475 Å². The van der Waals surface area contributed by atoms with E-state index >= 15 is 0 Å². The molecule has 0 aliphatic heterocycles. The van der Waals surface area contributed by atoms with Gasteiger partial charge >= 0.3 is 5.97 Å². The lowest BCUT2D eigenvalue weighted by Gasteiger charge is -2.22. The van der Waals surface area contributed by atoms with Crippen LogP contribution in [0.5, 0.6) is 0 Å². The molecular formula is C80H157NO5.